The molecule has 0 spiro atoms. The fourth-order valence-electron chi connectivity index (χ4n) is 5.36. The minimum Gasteiger partial charge on any atom is -0.467 e. The maximum atomic E-state index is 13.7. The van der Waals surface area contributed by atoms with E-state index in [0.717, 1.165) is 10.5 Å². The van der Waals surface area contributed by atoms with Crippen LogP contribution in [0.15, 0.2) is 17.4 Å². The number of aromatic nitrogens is 3. The molecule has 0 saturated carbocycles. The molecule has 15 nitrogen and oxygen atoms in total. The molecule has 3 amide bonds. The Bertz CT molecular complexity index is 1520. The molecule has 0 bridgehead atoms. The van der Waals surface area contributed by atoms with Crippen LogP contribution in [-0.2, 0) is 23.7 Å². The van der Waals surface area contributed by atoms with Crippen molar-refractivity contribution >= 4 is 41.9 Å². The zero-order chi connectivity index (χ0) is 35.1. The molecule has 1 unspecified atom stereocenters. The summed E-state index contributed by atoms with van der Waals surface area (Å²) in [5, 5.41) is 10.7. The van der Waals surface area contributed by atoms with Crippen molar-refractivity contribution in [2.75, 3.05) is 32.1 Å². The van der Waals surface area contributed by atoms with Gasteiger partial charge in [-0.15, -0.1) is 0 Å². The minimum atomic E-state index is -0.964. The van der Waals surface area contributed by atoms with Gasteiger partial charge in [-0.25, -0.2) is 24.2 Å². The number of likely N-dealkylation sites (tertiary alicyclic amines) is 1. The van der Waals surface area contributed by atoms with Crippen LogP contribution >= 0.6 is 0 Å². The molecule has 0 aromatic carbocycles. The number of esters is 1. The molecule has 15 heteroatoms. The molecule has 4 rings (SSSR count). The molecule has 2 aromatic heterocycles. The molecular weight excluding hydrogens is 610 g/mol. The van der Waals surface area contributed by atoms with Crippen molar-refractivity contribution in [1.29, 1.82) is 0 Å². The van der Waals surface area contributed by atoms with E-state index in [4.69, 9.17) is 23.9 Å². The third-order valence-corrected chi connectivity index (χ3v) is 7.29. The molecule has 0 N–H and O–H groups in total. The van der Waals surface area contributed by atoms with E-state index in [1.54, 1.807) is 85.8 Å². The van der Waals surface area contributed by atoms with Gasteiger partial charge in [-0.05, 0) is 75.2 Å². The summed E-state index contributed by atoms with van der Waals surface area (Å²) >= 11 is 0. The Hall–Kier alpha value is -4.43. The lowest BCUT2D eigenvalue weighted by molar-refractivity contribution is -0.148. The molecule has 2 aliphatic heterocycles. The summed E-state index contributed by atoms with van der Waals surface area (Å²) in [7, 11) is 3.13. The third kappa shape index (κ3) is 8.49. The number of anilines is 1. The number of fused-ring (bicyclic) bond motifs is 1. The second kappa shape index (κ2) is 13.0. The first-order chi connectivity index (χ1) is 21.7. The summed E-state index contributed by atoms with van der Waals surface area (Å²) in [4.78, 5) is 60.8. The fourth-order valence-corrected chi connectivity index (χ4v) is 5.36. The first-order valence-electron chi connectivity index (χ1n) is 15.6. The van der Waals surface area contributed by atoms with Crippen LogP contribution in [-0.4, -0.2) is 105 Å². The molecule has 0 radical (unpaired) electrons. The van der Waals surface area contributed by atoms with Crippen LogP contribution < -0.4 is 4.90 Å². The Morgan fingerprint density at radius 3 is 1.98 bits per heavy atom. The van der Waals surface area contributed by atoms with Gasteiger partial charge in [0, 0.05) is 49.8 Å². The summed E-state index contributed by atoms with van der Waals surface area (Å²) in [6, 6.07) is 0.716. The summed E-state index contributed by atoms with van der Waals surface area (Å²) in [5.74, 6) is -1.10. The topological polar surface area (TPSA) is 157 Å². The minimum absolute atomic E-state index is 0.0435. The van der Waals surface area contributed by atoms with E-state index in [1.807, 2.05) is 7.05 Å². The maximum absolute atomic E-state index is 13.7. The zero-order valence-corrected chi connectivity index (χ0v) is 29.2. The second-order valence-electron chi connectivity index (χ2n) is 14.8. The third-order valence-electron chi connectivity index (χ3n) is 7.29. The normalized spacial score (nSPS) is 20.3. The van der Waals surface area contributed by atoms with Gasteiger partial charge in [-0.3, -0.25) is 9.91 Å². The molecule has 3 atom stereocenters. The van der Waals surface area contributed by atoms with E-state index in [0.29, 0.717) is 24.3 Å². The van der Waals surface area contributed by atoms with Crippen molar-refractivity contribution in [3.8, 4) is 0 Å². The number of hydrazone groups is 1. The smallest absolute Gasteiger partial charge is 0.425 e. The molecule has 0 aliphatic carbocycles. The van der Waals surface area contributed by atoms with Crippen molar-refractivity contribution in [2.45, 2.75) is 110 Å². The van der Waals surface area contributed by atoms with Crippen LogP contribution in [0.25, 0.3) is 5.65 Å². The lowest BCUT2D eigenvalue weighted by atomic mass is 9.90. The van der Waals surface area contributed by atoms with Crippen LogP contribution in [0.2, 0.25) is 0 Å². The number of hydrogen-bond acceptors (Lipinski definition) is 12. The van der Waals surface area contributed by atoms with E-state index >= 15 is 0 Å². The van der Waals surface area contributed by atoms with Gasteiger partial charge in [0.2, 0.25) is 0 Å². The lowest BCUT2D eigenvalue weighted by Crippen LogP contribution is -2.52. The van der Waals surface area contributed by atoms with Crippen molar-refractivity contribution in [1.82, 2.24) is 24.5 Å². The number of likely N-dealkylation sites (N-methyl/N-ethyl adjacent to an activating group) is 1. The number of hydrogen-bond donors (Lipinski definition) is 0. The Kier molecular flexibility index (Phi) is 9.79. The maximum Gasteiger partial charge on any atom is 0.425 e. The van der Waals surface area contributed by atoms with Crippen molar-refractivity contribution < 1.29 is 38.1 Å². The SMILES string of the molecule is COC(=O)[C@@H]1CC[C@H](c2cc(N(C(=O)OC(C)(C)C)C(=O)OC(C)(C)C)n3ncc(C4C=NN(C)C4)c3n2)CN1C(=O)OC(C)(C)C. The van der Waals surface area contributed by atoms with Crippen LogP contribution in [0.5, 0.6) is 0 Å². The van der Waals surface area contributed by atoms with Crippen molar-refractivity contribution in [3.63, 3.8) is 0 Å². The number of rotatable bonds is 4. The summed E-state index contributed by atoms with van der Waals surface area (Å²) in [6.07, 6.45) is 1.54. The van der Waals surface area contributed by atoms with E-state index in [1.165, 1.54) is 16.5 Å². The monoisotopic (exact) mass is 657 g/mol. The fraction of sp³-hybridized carbons (Fsp3) is 0.656. The van der Waals surface area contributed by atoms with Gasteiger partial charge in [-0.1, -0.05) is 0 Å². The highest BCUT2D eigenvalue weighted by Crippen LogP contribution is 2.35. The lowest BCUT2D eigenvalue weighted by Gasteiger charge is -2.38. The van der Waals surface area contributed by atoms with E-state index in [9.17, 15) is 19.2 Å². The van der Waals surface area contributed by atoms with E-state index in [2.05, 4.69) is 10.2 Å². The number of piperidine rings is 1. The highest BCUT2D eigenvalue weighted by atomic mass is 16.6. The molecule has 258 valence electrons. The van der Waals surface area contributed by atoms with E-state index < -0.39 is 53.0 Å². The molecular formula is C32H47N7O8. The van der Waals surface area contributed by atoms with Gasteiger partial charge in [0.1, 0.15) is 22.8 Å². The number of methoxy groups -OCH3 is 1. The van der Waals surface area contributed by atoms with Crippen LogP contribution in [0.1, 0.15) is 98.2 Å². The number of ether oxygens (including phenoxy) is 4. The summed E-state index contributed by atoms with van der Waals surface area (Å²) in [6.45, 7) is 16.0. The highest BCUT2D eigenvalue weighted by Gasteiger charge is 2.41. The van der Waals surface area contributed by atoms with Gasteiger partial charge in [0.25, 0.3) is 0 Å². The van der Waals surface area contributed by atoms with Crippen LogP contribution in [0.3, 0.4) is 0 Å². The average Bonchev–Trinajstić information content (AvgIpc) is 3.55. The quantitative estimate of drug-likeness (QED) is 0.319. The summed E-state index contributed by atoms with van der Waals surface area (Å²) < 4.78 is 23.4. The Morgan fingerprint density at radius 2 is 1.47 bits per heavy atom. The largest absolute Gasteiger partial charge is 0.467 e. The molecule has 1 saturated heterocycles. The molecule has 47 heavy (non-hydrogen) atoms. The second-order valence-corrected chi connectivity index (χ2v) is 14.8. The predicted molar refractivity (Wildman–Crippen MR) is 173 cm³/mol. The van der Waals surface area contributed by atoms with Gasteiger partial charge in [-0.2, -0.15) is 19.6 Å². The van der Waals surface area contributed by atoms with Gasteiger partial charge >= 0.3 is 24.2 Å². The first-order valence-corrected chi connectivity index (χ1v) is 15.6. The van der Waals surface area contributed by atoms with Crippen LogP contribution in [0.4, 0.5) is 20.2 Å². The molecule has 1 fully saturated rings. The molecule has 2 aliphatic rings. The van der Waals surface area contributed by atoms with Gasteiger partial charge < -0.3 is 18.9 Å². The Morgan fingerprint density at radius 1 is 0.872 bits per heavy atom. The average molecular weight is 658 g/mol. The number of nitrogens with zero attached hydrogens (tertiary/aromatic N) is 7. The predicted octanol–water partition coefficient (Wildman–Crippen LogP) is 5.08. The Balaban J connectivity index is 1.89. The van der Waals surface area contributed by atoms with Gasteiger partial charge in [0.05, 0.1) is 19.0 Å². The number of carbonyl (C=O) groups excluding carboxylic acids is 4. The first kappa shape index (κ1) is 35.4. The molecule has 4 heterocycles. The number of carbonyl (C=O) groups is 4. The number of imide groups is 1. The highest BCUT2D eigenvalue weighted by molar-refractivity contribution is 6.09. The van der Waals surface area contributed by atoms with Crippen molar-refractivity contribution in [2.24, 2.45) is 5.10 Å². The standard InChI is InChI=1S/C32H47N7O8/c1-30(2,3)45-27(41)37-18-19(12-13-23(37)26(40)44-11)22-14-24(38(28(42)46-31(4,5)6)29(43)47-32(7,8)9)39-25(35-22)21(16-34-39)20-15-33-36(10)17-20/h14-16,19-20,23H,12-13,17-18H2,1-11H3/t19-,20?,23-/m0/s1. The van der Waals surface area contributed by atoms with Crippen LogP contribution in [0, 0.1) is 0 Å². The molecule has 2 aromatic rings. The Labute approximate surface area is 275 Å². The number of amides is 3. The summed E-state index contributed by atoms with van der Waals surface area (Å²) in [5.41, 5.74) is -1.10. The zero-order valence-electron chi connectivity index (χ0n) is 29.2. The van der Waals surface area contributed by atoms with E-state index in [-0.39, 0.29) is 24.7 Å². The van der Waals surface area contributed by atoms with Crippen molar-refractivity contribution in [3.05, 3.63) is 23.5 Å². The van der Waals surface area contributed by atoms with Gasteiger partial charge in [0.15, 0.2) is 11.5 Å².